The molecule has 0 aliphatic rings. The molecule has 0 bridgehead atoms. The molecule has 1 N–H and O–H groups in total. The number of anilines is 1. The molecule has 0 aliphatic heterocycles. The first kappa shape index (κ1) is 20.6. The van der Waals surface area contributed by atoms with E-state index in [4.69, 9.17) is 16.6 Å². The van der Waals surface area contributed by atoms with E-state index >= 15 is 0 Å². The number of thiophene rings is 1. The fourth-order valence-electron chi connectivity index (χ4n) is 3.37. The Labute approximate surface area is 185 Å². The number of halogens is 1. The number of nitrogens with zero attached hydrogens (tertiary/aromatic N) is 1. The van der Waals surface area contributed by atoms with E-state index in [1.165, 1.54) is 10.4 Å². The lowest BCUT2D eigenvalue weighted by atomic mass is 10.0. The predicted octanol–water partition coefficient (Wildman–Crippen LogP) is 7.55. The van der Waals surface area contributed by atoms with Gasteiger partial charge in [0.05, 0.1) is 21.7 Å². The molecule has 0 aliphatic carbocycles. The van der Waals surface area contributed by atoms with Gasteiger partial charge in [0.2, 0.25) is 0 Å². The van der Waals surface area contributed by atoms with E-state index in [0.717, 1.165) is 33.6 Å². The molecule has 0 atom stereocenters. The average Bonchev–Trinajstić information content (AvgIpc) is 3.22. The molecule has 0 fully saturated rings. The van der Waals surface area contributed by atoms with Gasteiger partial charge in [0.1, 0.15) is 0 Å². The van der Waals surface area contributed by atoms with E-state index in [9.17, 15) is 4.79 Å². The fraction of sp³-hybridized carbons (Fsp3) is 0.200. The van der Waals surface area contributed by atoms with E-state index in [1.54, 1.807) is 23.5 Å². The molecule has 2 aromatic heterocycles. The second-order valence-corrected chi connectivity index (χ2v) is 9.17. The number of benzene rings is 2. The Morgan fingerprint density at radius 3 is 2.50 bits per heavy atom. The van der Waals surface area contributed by atoms with Crippen LogP contribution in [-0.4, -0.2) is 10.9 Å². The number of pyridine rings is 1. The highest BCUT2D eigenvalue weighted by Gasteiger charge is 2.16. The molecule has 3 nitrogen and oxygen atoms in total. The zero-order valence-electron chi connectivity index (χ0n) is 17.2. The van der Waals surface area contributed by atoms with Crippen molar-refractivity contribution in [2.75, 3.05) is 5.32 Å². The minimum absolute atomic E-state index is 0.171. The molecule has 0 spiro atoms. The van der Waals surface area contributed by atoms with E-state index in [1.807, 2.05) is 36.4 Å². The highest BCUT2D eigenvalue weighted by atomic mass is 35.5. The second-order valence-electron chi connectivity index (χ2n) is 7.57. The summed E-state index contributed by atoms with van der Waals surface area (Å²) in [4.78, 5) is 20.4. The van der Waals surface area contributed by atoms with Crippen LogP contribution in [0.4, 0.5) is 5.69 Å². The minimum Gasteiger partial charge on any atom is -0.322 e. The van der Waals surface area contributed by atoms with Gasteiger partial charge in [-0.3, -0.25) is 4.79 Å². The van der Waals surface area contributed by atoms with Crippen LogP contribution in [0.15, 0.2) is 60.7 Å². The number of aromatic nitrogens is 1. The molecular weight excluding hydrogens is 412 g/mol. The monoisotopic (exact) mass is 434 g/mol. The Bertz CT molecular complexity index is 1210. The topological polar surface area (TPSA) is 42.0 Å². The summed E-state index contributed by atoms with van der Waals surface area (Å²) in [5, 5.41) is 4.35. The van der Waals surface area contributed by atoms with Crippen LogP contribution < -0.4 is 5.32 Å². The second kappa shape index (κ2) is 8.58. The van der Waals surface area contributed by atoms with Gasteiger partial charge in [-0.25, -0.2) is 4.98 Å². The van der Waals surface area contributed by atoms with Crippen LogP contribution in [0.5, 0.6) is 0 Å². The van der Waals surface area contributed by atoms with Crippen LogP contribution in [0, 0.1) is 0 Å². The van der Waals surface area contributed by atoms with Crippen LogP contribution in [0.25, 0.3) is 21.5 Å². The summed E-state index contributed by atoms with van der Waals surface area (Å²) >= 11 is 7.93. The third-order valence-corrected chi connectivity index (χ3v) is 6.60. The Morgan fingerprint density at radius 2 is 1.83 bits per heavy atom. The number of rotatable bonds is 5. The van der Waals surface area contributed by atoms with Crippen molar-refractivity contribution in [2.24, 2.45) is 0 Å². The van der Waals surface area contributed by atoms with Crippen LogP contribution in [0.2, 0.25) is 5.02 Å². The summed E-state index contributed by atoms with van der Waals surface area (Å²) < 4.78 is 0. The number of fused-ring (bicyclic) bond motifs is 1. The van der Waals surface area contributed by atoms with Gasteiger partial charge >= 0.3 is 0 Å². The lowest BCUT2D eigenvalue weighted by Gasteiger charge is -2.11. The van der Waals surface area contributed by atoms with Crippen molar-refractivity contribution in [1.82, 2.24) is 4.98 Å². The SMILES string of the molecule is CCc1ccc(-c2cc(C(=O)Nc3ccc(C(C)C)cc3)c3cc(Cl)ccc3n2)s1. The molecule has 1 amide bonds. The normalized spacial score (nSPS) is 11.2. The maximum atomic E-state index is 13.2. The van der Waals surface area contributed by atoms with Gasteiger partial charge < -0.3 is 5.32 Å². The van der Waals surface area contributed by atoms with Crippen molar-refractivity contribution in [3.05, 3.63) is 81.7 Å². The molecular formula is C25H23ClN2OS. The lowest BCUT2D eigenvalue weighted by Crippen LogP contribution is -2.13. The Balaban J connectivity index is 1.75. The first-order chi connectivity index (χ1) is 14.4. The molecule has 0 saturated heterocycles. The van der Waals surface area contributed by atoms with Gasteiger partial charge in [0.15, 0.2) is 0 Å². The van der Waals surface area contributed by atoms with E-state index in [2.05, 4.69) is 38.2 Å². The number of aryl methyl sites for hydroxylation is 1. The number of nitrogens with one attached hydrogen (secondary N) is 1. The van der Waals surface area contributed by atoms with E-state index in [-0.39, 0.29) is 5.91 Å². The van der Waals surface area contributed by atoms with Crippen molar-refractivity contribution in [3.8, 4) is 10.6 Å². The van der Waals surface area contributed by atoms with Gasteiger partial charge in [0, 0.05) is 21.0 Å². The number of amides is 1. The van der Waals surface area contributed by atoms with Crippen molar-refractivity contribution >= 4 is 45.4 Å². The molecule has 5 heteroatoms. The van der Waals surface area contributed by atoms with Gasteiger partial charge in [-0.05, 0) is 66.4 Å². The molecule has 30 heavy (non-hydrogen) atoms. The standard InChI is InChI=1S/C25H23ClN2OS/c1-4-19-10-12-24(30-19)23-14-21(20-13-17(26)7-11-22(20)28-23)25(29)27-18-8-5-16(6-9-18)15(2)3/h5-15H,4H2,1-3H3,(H,27,29). The predicted molar refractivity (Wildman–Crippen MR) is 128 cm³/mol. The van der Waals surface area contributed by atoms with Crippen LogP contribution in [0.3, 0.4) is 0 Å². The molecule has 2 heterocycles. The Hall–Kier alpha value is -2.69. The number of carbonyl (C=O) groups excluding carboxylic acids is 1. The zero-order valence-corrected chi connectivity index (χ0v) is 18.8. The number of carbonyl (C=O) groups is 1. The van der Waals surface area contributed by atoms with Crippen LogP contribution >= 0.6 is 22.9 Å². The van der Waals surface area contributed by atoms with Gasteiger partial charge in [-0.15, -0.1) is 11.3 Å². The van der Waals surface area contributed by atoms with Gasteiger partial charge in [-0.2, -0.15) is 0 Å². The summed E-state index contributed by atoms with van der Waals surface area (Å²) in [7, 11) is 0. The molecule has 152 valence electrons. The zero-order chi connectivity index (χ0) is 21.3. The highest BCUT2D eigenvalue weighted by Crippen LogP contribution is 2.32. The molecule has 2 aromatic carbocycles. The largest absolute Gasteiger partial charge is 0.322 e. The van der Waals surface area contributed by atoms with E-state index < -0.39 is 0 Å². The first-order valence-electron chi connectivity index (χ1n) is 10.1. The molecule has 0 saturated carbocycles. The third kappa shape index (κ3) is 4.25. The summed E-state index contributed by atoms with van der Waals surface area (Å²) in [6, 6.07) is 19.5. The van der Waals surface area contributed by atoms with Crippen LogP contribution in [-0.2, 0) is 6.42 Å². The van der Waals surface area contributed by atoms with Gasteiger partial charge in [0.25, 0.3) is 5.91 Å². The van der Waals surface area contributed by atoms with Crippen molar-refractivity contribution in [1.29, 1.82) is 0 Å². The van der Waals surface area contributed by atoms with Crippen molar-refractivity contribution < 1.29 is 4.79 Å². The molecule has 4 aromatic rings. The van der Waals surface area contributed by atoms with Crippen molar-refractivity contribution in [2.45, 2.75) is 33.1 Å². The Morgan fingerprint density at radius 1 is 1.07 bits per heavy atom. The summed E-state index contributed by atoms with van der Waals surface area (Å²) in [6.45, 7) is 6.43. The summed E-state index contributed by atoms with van der Waals surface area (Å²) in [5.74, 6) is 0.276. The number of hydrogen-bond acceptors (Lipinski definition) is 3. The number of hydrogen-bond donors (Lipinski definition) is 1. The molecule has 0 unspecified atom stereocenters. The first-order valence-corrected chi connectivity index (χ1v) is 11.2. The van der Waals surface area contributed by atoms with Crippen LogP contribution in [0.1, 0.15) is 47.5 Å². The van der Waals surface area contributed by atoms with Gasteiger partial charge in [-0.1, -0.05) is 44.5 Å². The van der Waals surface area contributed by atoms with Crippen molar-refractivity contribution in [3.63, 3.8) is 0 Å². The average molecular weight is 435 g/mol. The minimum atomic E-state index is -0.171. The van der Waals surface area contributed by atoms with E-state index in [0.29, 0.717) is 16.5 Å². The maximum absolute atomic E-state index is 13.2. The lowest BCUT2D eigenvalue weighted by molar-refractivity contribution is 0.102. The quantitative estimate of drug-likeness (QED) is 0.352. The molecule has 0 radical (unpaired) electrons. The maximum Gasteiger partial charge on any atom is 0.256 e. The smallest absolute Gasteiger partial charge is 0.256 e. The highest BCUT2D eigenvalue weighted by molar-refractivity contribution is 7.15. The Kier molecular flexibility index (Phi) is 5.89. The fourth-order valence-corrected chi connectivity index (χ4v) is 4.45. The summed E-state index contributed by atoms with van der Waals surface area (Å²) in [5.41, 5.74) is 4.12. The summed E-state index contributed by atoms with van der Waals surface area (Å²) in [6.07, 6.45) is 0.980. The molecule has 4 rings (SSSR count). The third-order valence-electron chi connectivity index (χ3n) is 5.11.